The Balaban J connectivity index is 3.46. The second-order valence-electron chi connectivity index (χ2n) is 1.37. The van der Waals surface area contributed by atoms with Crippen LogP contribution in [-0.2, 0) is 4.74 Å². The Hall–Kier alpha value is -0.970. The van der Waals surface area contributed by atoms with Crippen molar-refractivity contribution in [2.24, 2.45) is 0 Å². The first-order valence-electron chi connectivity index (χ1n) is 2.49. The van der Waals surface area contributed by atoms with Gasteiger partial charge in [-0.25, -0.2) is 0 Å². The van der Waals surface area contributed by atoms with E-state index < -0.39 is 0 Å². The minimum absolute atomic E-state index is 0.604. The molecule has 0 saturated carbocycles. The molecule has 0 spiro atoms. The van der Waals surface area contributed by atoms with Gasteiger partial charge in [0.25, 0.3) is 0 Å². The van der Waals surface area contributed by atoms with Gasteiger partial charge in [-0.1, -0.05) is 0 Å². The van der Waals surface area contributed by atoms with Gasteiger partial charge in [-0.05, 0) is 13.8 Å². The lowest BCUT2D eigenvalue weighted by Gasteiger charge is -1.90. The first-order chi connectivity index (χ1) is 3.81. The topological polar surface area (TPSA) is 33.0 Å². The third kappa shape index (κ3) is 3.23. The Morgan fingerprint density at radius 1 is 1.88 bits per heavy atom. The van der Waals surface area contributed by atoms with Crippen molar-refractivity contribution in [2.75, 3.05) is 6.61 Å². The Labute approximate surface area is 49.4 Å². The van der Waals surface area contributed by atoms with E-state index >= 15 is 0 Å². The van der Waals surface area contributed by atoms with E-state index in [-0.39, 0.29) is 0 Å². The molecule has 2 nitrogen and oxygen atoms in total. The summed E-state index contributed by atoms with van der Waals surface area (Å²) < 4.78 is 4.80. The summed E-state index contributed by atoms with van der Waals surface area (Å²) >= 11 is 0. The molecule has 0 bridgehead atoms. The molecular weight excluding hydrogens is 102 g/mol. The van der Waals surface area contributed by atoms with Crippen LogP contribution in [0.3, 0.4) is 0 Å². The van der Waals surface area contributed by atoms with E-state index in [9.17, 15) is 0 Å². The SMILES string of the molecule is CCO/C=C(/C)C#N. The molecule has 0 aromatic heterocycles. The maximum absolute atomic E-state index is 8.16. The number of hydrogen-bond acceptors (Lipinski definition) is 2. The molecule has 0 aliphatic rings. The number of hydrogen-bond donors (Lipinski definition) is 0. The van der Waals surface area contributed by atoms with Gasteiger partial charge in [0.1, 0.15) is 0 Å². The first-order valence-corrected chi connectivity index (χ1v) is 2.49. The summed E-state index contributed by atoms with van der Waals surface area (Å²) in [5, 5.41) is 8.16. The summed E-state index contributed by atoms with van der Waals surface area (Å²) in [6.07, 6.45) is 1.46. The molecule has 0 amide bonds. The highest BCUT2D eigenvalue weighted by molar-refractivity contribution is 5.14. The lowest BCUT2D eigenvalue weighted by Crippen LogP contribution is -1.78. The number of ether oxygens (including phenoxy) is 1. The molecule has 0 aliphatic carbocycles. The summed E-state index contributed by atoms with van der Waals surface area (Å²) in [6, 6.07) is 1.94. The maximum atomic E-state index is 8.16. The van der Waals surface area contributed by atoms with E-state index in [4.69, 9.17) is 10.00 Å². The van der Waals surface area contributed by atoms with Crippen molar-refractivity contribution in [2.45, 2.75) is 13.8 Å². The van der Waals surface area contributed by atoms with Gasteiger partial charge in [0.05, 0.1) is 24.5 Å². The maximum Gasteiger partial charge on any atom is 0.0976 e. The van der Waals surface area contributed by atoms with Gasteiger partial charge in [-0.2, -0.15) is 5.26 Å². The third-order valence-corrected chi connectivity index (χ3v) is 0.603. The fourth-order valence-corrected chi connectivity index (χ4v) is 0.235. The standard InChI is InChI=1S/C6H9NO/c1-3-8-5-6(2)4-7/h5H,3H2,1-2H3/b6-5-. The molecule has 2 heteroatoms. The van der Waals surface area contributed by atoms with Crippen LogP contribution >= 0.6 is 0 Å². The molecule has 0 aliphatic heterocycles. The van der Waals surface area contributed by atoms with Crippen LogP contribution in [0.2, 0.25) is 0 Å². The highest BCUT2D eigenvalue weighted by Gasteiger charge is 1.79. The molecule has 0 atom stereocenters. The van der Waals surface area contributed by atoms with Crippen LogP contribution in [0.4, 0.5) is 0 Å². The van der Waals surface area contributed by atoms with E-state index in [0.717, 1.165) is 0 Å². The van der Waals surface area contributed by atoms with E-state index in [1.54, 1.807) is 6.92 Å². The van der Waals surface area contributed by atoms with Gasteiger partial charge in [0.2, 0.25) is 0 Å². The molecule has 0 unspecified atom stereocenters. The van der Waals surface area contributed by atoms with Crippen LogP contribution in [0.25, 0.3) is 0 Å². The molecule has 44 valence electrons. The molecule has 0 radical (unpaired) electrons. The molecular formula is C6H9NO. The first kappa shape index (κ1) is 7.03. The zero-order chi connectivity index (χ0) is 6.41. The number of nitriles is 1. The quantitative estimate of drug-likeness (QED) is 0.399. The molecule has 8 heavy (non-hydrogen) atoms. The number of nitrogens with zero attached hydrogens (tertiary/aromatic N) is 1. The Bertz CT molecular complexity index is 121. The van der Waals surface area contributed by atoms with Crippen molar-refractivity contribution in [1.29, 1.82) is 5.26 Å². The van der Waals surface area contributed by atoms with Crippen molar-refractivity contribution in [3.63, 3.8) is 0 Å². The highest BCUT2D eigenvalue weighted by atomic mass is 16.5. The molecule has 0 fully saturated rings. The van der Waals surface area contributed by atoms with E-state index in [2.05, 4.69) is 0 Å². The van der Waals surface area contributed by atoms with Crippen LogP contribution < -0.4 is 0 Å². The van der Waals surface area contributed by atoms with Gasteiger partial charge in [0.15, 0.2) is 0 Å². The third-order valence-electron chi connectivity index (χ3n) is 0.603. The van der Waals surface area contributed by atoms with Gasteiger partial charge in [-0.3, -0.25) is 0 Å². The minimum atomic E-state index is 0.604. The Morgan fingerprint density at radius 2 is 2.50 bits per heavy atom. The number of allylic oxidation sites excluding steroid dienone is 1. The normalized spacial score (nSPS) is 10.4. The Morgan fingerprint density at radius 3 is 2.88 bits per heavy atom. The van der Waals surface area contributed by atoms with Crippen LogP contribution in [0.5, 0.6) is 0 Å². The average Bonchev–Trinajstić information content (AvgIpc) is 1.83. The fraction of sp³-hybridized carbons (Fsp3) is 0.500. The van der Waals surface area contributed by atoms with Crippen molar-refractivity contribution in [3.8, 4) is 6.07 Å². The molecule has 0 N–H and O–H groups in total. The average molecular weight is 111 g/mol. The minimum Gasteiger partial charge on any atom is -0.500 e. The summed E-state index contributed by atoms with van der Waals surface area (Å²) in [5.74, 6) is 0. The fourth-order valence-electron chi connectivity index (χ4n) is 0.235. The zero-order valence-corrected chi connectivity index (χ0v) is 5.14. The number of rotatable bonds is 2. The van der Waals surface area contributed by atoms with Gasteiger partial charge >= 0.3 is 0 Å². The molecule has 0 rings (SSSR count). The van der Waals surface area contributed by atoms with Crippen molar-refractivity contribution in [3.05, 3.63) is 11.8 Å². The second-order valence-corrected chi connectivity index (χ2v) is 1.37. The van der Waals surface area contributed by atoms with Crippen molar-refractivity contribution >= 4 is 0 Å². The summed E-state index contributed by atoms with van der Waals surface area (Å²) in [7, 11) is 0. The molecule has 0 heterocycles. The molecule has 0 aromatic rings. The Kier molecular flexibility index (Phi) is 3.69. The second kappa shape index (κ2) is 4.20. The van der Waals surface area contributed by atoms with Crippen LogP contribution in [0.15, 0.2) is 11.8 Å². The van der Waals surface area contributed by atoms with E-state index in [1.807, 2.05) is 13.0 Å². The van der Waals surface area contributed by atoms with Crippen LogP contribution in [0, 0.1) is 11.3 Å². The zero-order valence-electron chi connectivity index (χ0n) is 5.14. The van der Waals surface area contributed by atoms with Crippen LogP contribution in [-0.4, -0.2) is 6.61 Å². The lowest BCUT2D eigenvalue weighted by molar-refractivity contribution is 0.267. The molecule has 0 aromatic carbocycles. The van der Waals surface area contributed by atoms with Crippen molar-refractivity contribution < 1.29 is 4.74 Å². The smallest absolute Gasteiger partial charge is 0.0976 e. The highest BCUT2D eigenvalue weighted by Crippen LogP contribution is 1.87. The van der Waals surface area contributed by atoms with E-state index in [0.29, 0.717) is 12.2 Å². The summed E-state index contributed by atoms with van der Waals surface area (Å²) in [6.45, 7) is 4.20. The van der Waals surface area contributed by atoms with Crippen molar-refractivity contribution in [1.82, 2.24) is 0 Å². The molecule has 0 saturated heterocycles. The lowest BCUT2D eigenvalue weighted by atomic mass is 10.4. The van der Waals surface area contributed by atoms with Gasteiger partial charge < -0.3 is 4.74 Å². The predicted molar refractivity (Wildman–Crippen MR) is 31.0 cm³/mol. The summed E-state index contributed by atoms with van der Waals surface area (Å²) in [4.78, 5) is 0. The van der Waals surface area contributed by atoms with Gasteiger partial charge in [0, 0.05) is 0 Å². The monoisotopic (exact) mass is 111 g/mol. The van der Waals surface area contributed by atoms with Gasteiger partial charge in [-0.15, -0.1) is 0 Å². The summed E-state index contributed by atoms with van der Waals surface area (Å²) in [5.41, 5.74) is 0.604. The predicted octanol–water partition coefficient (Wildman–Crippen LogP) is 1.45. The van der Waals surface area contributed by atoms with E-state index in [1.165, 1.54) is 6.26 Å². The van der Waals surface area contributed by atoms with Crippen LogP contribution in [0.1, 0.15) is 13.8 Å². The largest absolute Gasteiger partial charge is 0.500 e.